The zero-order chi connectivity index (χ0) is 48.5. The van der Waals surface area contributed by atoms with Gasteiger partial charge in [0.2, 0.25) is 0 Å². The third-order valence-electron chi connectivity index (χ3n) is 13.1. The molecule has 2 unspecified atom stereocenters. The maximum Gasteiger partial charge on any atom is 0.472 e. The van der Waals surface area contributed by atoms with Crippen molar-refractivity contribution in [1.29, 1.82) is 0 Å². The van der Waals surface area contributed by atoms with Crippen LogP contribution in [0.25, 0.3) is 0 Å². The Morgan fingerprint density at radius 2 is 0.682 bits per heavy atom. The standard InChI is InChI=1S/C56H112NO8P/c1-6-8-10-12-14-16-18-19-20-21-22-23-24-25-26-27-28-29-30-31-32-33-34-35-36-37-39-41-43-45-47-49-56(59)65-54(53-64-66(60,61)63-51-50-57(3,4)5)52-62-55(58)48-46-44-42-40-38-17-15-13-11-9-7-2/h54H,6-53H2,1-5H3/p+1. The van der Waals surface area contributed by atoms with E-state index in [0.29, 0.717) is 17.4 Å². The van der Waals surface area contributed by atoms with Crippen molar-refractivity contribution < 1.29 is 42.1 Å². The van der Waals surface area contributed by atoms with E-state index in [0.717, 1.165) is 38.5 Å². The van der Waals surface area contributed by atoms with Crippen LogP contribution in [0.3, 0.4) is 0 Å². The summed E-state index contributed by atoms with van der Waals surface area (Å²) < 4.78 is 34.5. The molecule has 0 spiro atoms. The van der Waals surface area contributed by atoms with Crippen molar-refractivity contribution in [3.05, 3.63) is 0 Å². The van der Waals surface area contributed by atoms with Crippen molar-refractivity contribution in [3.63, 3.8) is 0 Å². The molecule has 0 aromatic heterocycles. The van der Waals surface area contributed by atoms with Gasteiger partial charge in [0.25, 0.3) is 0 Å². The molecule has 0 aliphatic rings. The maximum absolute atomic E-state index is 12.8. The van der Waals surface area contributed by atoms with Crippen LogP contribution < -0.4 is 0 Å². The van der Waals surface area contributed by atoms with E-state index in [4.69, 9.17) is 18.5 Å². The van der Waals surface area contributed by atoms with E-state index in [1.54, 1.807) is 0 Å². The first-order chi connectivity index (χ1) is 32.0. The topological polar surface area (TPSA) is 108 Å². The Balaban J connectivity index is 3.94. The number of rotatable bonds is 54. The second-order valence-electron chi connectivity index (χ2n) is 21.0. The van der Waals surface area contributed by atoms with E-state index in [9.17, 15) is 19.0 Å². The van der Waals surface area contributed by atoms with Crippen LogP contribution in [0.15, 0.2) is 0 Å². The quantitative estimate of drug-likeness (QED) is 0.0278. The molecule has 394 valence electrons. The predicted molar refractivity (Wildman–Crippen MR) is 280 cm³/mol. The van der Waals surface area contributed by atoms with Gasteiger partial charge in [-0.25, -0.2) is 4.57 Å². The van der Waals surface area contributed by atoms with Gasteiger partial charge in [-0.15, -0.1) is 0 Å². The number of hydrogen-bond donors (Lipinski definition) is 1. The lowest BCUT2D eigenvalue weighted by molar-refractivity contribution is -0.870. The van der Waals surface area contributed by atoms with E-state index in [2.05, 4.69) is 13.8 Å². The highest BCUT2D eigenvalue weighted by molar-refractivity contribution is 7.47. The van der Waals surface area contributed by atoms with Gasteiger partial charge in [0.15, 0.2) is 6.10 Å². The molecule has 0 aliphatic carbocycles. The van der Waals surface area contributed by atoms with Gasteiger partial charge in [0.1, 0.15) is 19.8 Å². The van der Waals surface area contributed by atoms with Crippen LogP contribution in [0, 0.1) is 0 Å². The molecule has 0 bridgehead atoms. The Labute approximate surface area is 410 Å². The number of quaternary nitrogens is 1. The summed E-state index contributed by atoms with van der Waals surface area (Å²) in [6, 6.07) is 0. The number of likely N-dealkylation sites (N-methyl/N-ethyl adjacent to an activating group) is 1. The predicted octanol–water partition coefficient (Wildman–Crippen LogP) is 17.5. The van der Waals surface area contributed by atoms with Crippen LogP contribution in [0.4, 0.5) is 0 Å². The Morgan fingerprint density at radius 1 is 0.409 bits per heavy atom. The van der Waals surface area contributed by atoms with Gasteiger partial charge in [-0.05, 0) is 12.8 Å². The summed E-state index contributed by atoms with van der Waals surface area (Å²) in [5.41, 5.74) is 0. The third-order valence-corrected chi connectivity index (χ3v) is 14.1. The maximum atomic E-state index is 12.8. The summed E-state index contributed by atoms with van der Waals surface area (Å²) in [7, 11) is 1.50. The molecule has 0 heterocycles. The van der Waals surface area contributed by atoms with Gasteiger partial charge in [0.05, 0.1) is 27.7 Å². The first-order valence-electron chi connectivity index (χ1n) is 28.8. The Morgan fingerprint density at radius 3 is 0.970 bits per heavy atom. The molecule has 0 saturated heterocycles. The minimum absolute atomic E-state index is 0.0371. The number of carbonyl (C=O) groups excluding carboxylic acids is 2. The minimum atomic E-state index is -4.37. The van der Waals surface area contributed by atoms with E-state index < -0.39 is 26.5 Å². The van der Waals surface area contributed by atoms with E-state index in [-0.39, 0.29) is 25.6 Å². The SMILES string of the molecule is CCCCCCCCCCCCCCCCCCCCCCCCCCCCCCCCCC(=O)OC(COC(=O)CCCCCCCCCCCCC)COP(=O)(O)OCC[N+](C)(C)C. The lowest BCUT2D eigenvalue weighted by atomic mass is 10.0. The first-order valence-corrected chi connectivity index (χ1v) is 30.3. The average molecular weight is 959 g/mol. The minimum Gasteiger partial charge on any atom is -0.462 e. The highest BCUT2D eigenvalue weighted by atomic mass is 31.2. The van der Waals surface area contributed by atoms with Crippen LogP contribution >= 0.6 is 7.82 Å². The molecule has 0 amide bonds. The average Bonchev–Trinajstić information content (AvgIpc) is 3.27. The summed E-state index contributed by atoms with van der Waals surface area (Å²) in [6.45, 7) is 4.48. The van der Waals surface area contributed by atoms with Gasteiger partial charge in [-0.2, -0.15) is 0 Å². The fourth-order valence-electron chi connectivity index (χ4n) is 8.67. The molecule has 0 aliphatic heterocycles. The summed E-state index contributed by atoms with van der Waals surface area (Å²) in [5, 5.41) is 0. The lowest BCUT2D eigenvalue weighted by Crippen LogP contribution is -2.37. The number of esters is 2. The van der Waals surface area contributed by atoms with E-state index in [1.807, 2.05) is 21.1 Å². The third kappa shape index (κ3) is 52.4. The molecule has 2 atom stereocenters. The van der Waals surface area contributed by atoms with Gasteiger partial charge in [-0.3, -0.25) is 18.6 Å². The monoisotopic (exact) mass is 959 g/mol. The largest absolute Gasteiger partial charge is 0.472 e. The normalized spacial score (nSPS) is 13.2. The molecule has 0 aromatic carbocycles. The van der Waals surface area contributed by atoms with Gasteiger partial charge in [-0.1, -0.05) is 271 Å². The number of unbranched alkanes of at least 4 members (excludes halogenated alkanes) is 40. The number of phosphoric acid groups is 1. The zero-order valence-corrected chi connectivity index (χ0v) is 45.6. The summed E-state index contributed by atoms with van der Waals surface area (Å²) in [5.74, 6) is -0.779. The summed E-state index contributed by atoms with van der Waals surface area (Å²) >= 11 is 0. The molecule has 0 saturated carbocycles. The van der Waals surface area contributed by atoms with E-state index in [1.165, 1.54) is 231 Å². The van der Waals surface area contributed by atoms with Crippen LogP contribution in [0.1, 0.15) is 296 Å². The van der Waals surface area contributed by atoms with Crippen molar-refractivity contribution >= 4 is 19.8 Å². The fourth-order valence-corrected chi connectivity index (χ4v) is 9.41. The van der Waals surface area contributed by atoms with Crippen LogP contribution in [-0.4, -0.2) is 74.9 Å². The van der Waals surface area contributed by atoms with Crippen molar-refractivity contribution in [3.8, 4) is 0 Å². The van der Waals surface area contributed by atoms with Gasteiger partial charge < -0.3 is 18.9 Å². The highest BCUT2D eigenvalue weighted by Gasteiger charge is 2.27. The van der Waals surface area contributed by atoms with E-state index >= 15 is 0 Å². The lowest BCUT2D eigenvalue weighted by Gasteiger charge is -2.24. The smallest absolute Gasteiger partial charge is 0.462 e. The Kier molecular flexibility index (Phi) is 48.3. The van der Waals surface area contributed by atoms with Crippen LogP contribution in [0.2, 0.25) is 0 Å². The molecule has 66 heavy (non-hydrogen) atoms. The molecule has 0 rings (SSSR count). The molecular formula is C56H113NO8P+. The number of ether oxygens (including phenoxy) is 2. The summed E-state index contributed by atoms with van der Waals surface area (Å²) in [6.07, 6.45) is 54.8. The van der Waals surface area contributed by atoms with Gasteiger partial charge >= 0.3 is 19.8 Å². The number of hydrogen-bond acceptors (Lipinski definition) is 7. The van der Waals surface area contributed by atoms with Gasteiger partial charge in [0, 0.05) is 12.8 Å². The first kappa shape index (κ1) is 65.0. The molecule has 0 aromatic rings. The highest BCUT2D eigenvalue weighted by Crippen LogP contribution is 2.43. The molecule has 9 nitrogen and oxygen atoms in total. The second-order valence-corrected chi connectivity index (χ2v) is 22.5. The molecule has 0 radical (unpaired) electrons. The van der Waals surface area contributed by atoms with Crippen LogP contribution in [0.5, 0.6) is 0 Å². The summed E-state index contributed by atoms with van der Waals surface area (Å²) in [4.78, 5) is 35.5. The molecule has 0 fully saturated rings. The van der Waals surface area contributed by atoms with Crippen molar-refractivity contribution in [2.75, 3.05) is 47.5 Å². The molecular weight excluding hydrogens is 846 g/mol. The Hall–Kier alpha value is -0.990. The molecule has 1 N–H and O–H groups in total. The zero-order valence-electron chi connectivity index (χ0n) is 44.7. The van der Waals surface area contributed by atoms with Crippen molar-refractivity contribution in [1.82, 2.24) is 0 Å². The van der Waals surface area contributed by atoms with Crippen LogP contribution in [-0.2, 0) is 32.7 Å². The number of nitrogens with zero attached hydrogens (tertiary/aromatic N) is 1. The van der Waals surface area contributed by atoms with Crippen molar-refractivity contribution in [2.45, 2.75) is 302 Å². The van der Waals surface area contributed by atoms with Crippen molar-refractivity contribution in [2.24, 2.45) is 0 Å². The second kappa shape index (κ2) is 49.0. The fraction of sp³-hybridized carbons (Fsp3) is 0.964. The Bertz CT molecular complexity index is 1080. The molecule has 10 heteroatoms. The number of carbonyl (C=O) groups is 2. The number of phosphoric ester groups is 1.